The van der Waals surface area contributed by atoms with Crippen LogP contribution in [0.25, 0.3) is 0 Å². The Morgan fingerprint density at radius 3 is 2.29 bits per heavy atom. The van der Waals surface area contributed by atoms with Gasteiger partial charge in [0.2, 0.25) is 0 Å². The predicted molar refractivity (Wildman–Crippen MR) is 160 cm³/mol. The molecule has 4 rings (SSSR count). The van der Waals surface area contributed by atoms with Gasteiger partial charge in [-0.25, -0.2) is 9.80 Å². The first-order valence-corrected chi connectivity index (χ1v) is 14.2. The molecular formula is C31H43N5O6. The van der Waals surface area contributed by atoms with Crippen LogP contribution in [0.4, 0.5) is 4.79 Å². The van der Waals surface area contributed by atoms with Crippen molar-refractivity contribution in [2.45, 2.75) is 38.8 Å². The number of nitrogens with zero attached hydrogens (tertiary/aromatic N) is 4. The average molecular weight is 582 g/mol. The van der Waals surface area contributed by atoms with Crippen LogP contribution < -0.4 is 19.5 Å². The zero-order valence-electron chi connectivity index (χ0n) is 25.5. The largest absolute Gasteiger partial charge is 0.497 e. The first-order valence-electron chi connectivity index (χ1n) is 14.2. The summed E-state index contributed by atoms with van der Waals surface area (Å²) in [4.78, 5) is 31.3. The van der Waals surface area contributed by atoms with Gasteiger partial charge in [0.15, 0.2) is 0 Å². The second kappa shape index (κ2) is 13.9. The van der Waals surface area contributed by atoms with Gasteiger partial charge >= 0.3 is 6.03 Å². The third-order valence-electron chi connectivity index (χ3n) is 7.27. The number of urea groups is 1. The summed E-state index contributed by atoms with van der Waals surface area (Å²) in [5, 5.41) is 9.32. The zero-order chi connectivity index (χ0) is 30.3. The van der Waals surface area contributed by atoms with Crippen LogP contribution in [0.5, 0.6) is 17.2 Å². The molecule has 11 nitrogen and oxygen atoms in total. The maximum absolute atomic E-state index is 14.1. The second-order valence-corrected chi connectivity index (χ2v) is 11.4. The van der Waals surface area contributed by atoms with Gasteiger partial charge in [0.25, 0.3) is 5.91 Å². The molecule has 228 valence electrons. The first kappa shape index (κ1) is 31.1. The molecule has 0 bridgehead atoms. The molecule has 2 aromatic rings. The smallest absolute Gasteiger partial charge is 0.318 e. The Bertz CT molecular complexity index is 1250. The number of ether oxygens (including phenoxy) is 4. The molecule has 2 aliphatic rings. The molecule has 0 saturated carbocycles. The molecule has 1 atom stereocenters. The van der Waals surface area contributed by atoms with E-state index >= 15 is 0 Å². The van der Waals surface area contributed by atoms with E-state index in [1.807, 2.05) is 63.2 Å². The van der Waals surface area contributed by atoms with Crippen molar-refractivity contribution < 1.29 is 28.5 Å². The summed E-state index contributed by atoms with van der Waals surface area (Å²) >= 11 is 0. The molecule has 3 amide bonds. The van der Waals surface area contributed by atoms with Gasteiger partial charge in [-0.05, 0) is 68.8 Å². The van der Waals surface area contributed by atoms with E-state index in [9.17, 15) is 9.59 Å². The lowest BCUT2D eigenvalue weighted by Crippen LogP contribution is -2.53. The van der Waals surface area contributed by atoms with Gasteiger partial charge in [-0.15, -0.1) is 0 Å². The monoisotopic (exact) mass is 581 g/mol. The third kappa shape index (κ3) is 7.92. The number of hydrogen-bond acceptors (Lipinski definition) is 8. The Balaban J connectivity index is 1.64. The number of carbonyl (C=O) groups is 2. The number of hydrogen-bond donors (Lipinski definition) is 1. The van der Waals surface area contributed by atoms with Crippen molar-refractivity contribution in [1.29, 1.82) is 0 Å². The maximum Gasteiger partial charge on any atom is 0.318 e. The SMILES string of the molecule is COc1ccc(C2=NN(C(=O)CN(CCN3CCOCC3)C(=O)NC(C)(C)C)C(c3cc(OC)ccc3OC)C2)cc1. The minimum absolute atomic E-state index is 0.131. The highest BCUT2D eigenvalue weighted by atomic mass is 16.5. The summed E-state index contributed by atoms with van der Waals surface area (Å²) in [6.45, 7) is 9.57. The highest BCUT2D eigenvalue weighted by Gasteiger charge is 2.36. The molecule has 0 aliphatic carbocycles. The molecule has 1 N–H and O–H groups in total. The van der Waals surface area contributed by atoms with Crippen LogP contribution in [-0.2, 0) is 9.53 Å². The Morgan fingerprint density at radius 2 is 1.67 bits per heavy atom. The molecular weight excluding hydrogens is 538 g/mol. The molecule has 11 heteroatoms. The maximum atomic E-state index is 14.1. The summed E-state index contributed by atoms with van der Waals surface area (Å²) in [6, 6.07) is 12.4. The molecule has 2 aromatic carbocycles. The van der Waals surface area contributed by atoms with Gasteiger partial charge in [-0.2, -0.15) is 5.10 Å². The van der Waals surface area contributed by atoms with Crippen molar-refractivity contribution in [3.63, 3.8) is 0 Å². The average Bonchev–Trinajstić information content (AvgIpc) is 3.44. The van der Waals surface area contributed by atoms with E-state index < -0.39 is 11.6 Å². The number of nitrogens with one attached hydrogen (secondary N) is 1. The Hall–Kier alpha value is -3.83. The highest BCUT2D eigenvalue weighted by Crippen LogP contribution is 2.39. The molecule has 2 aliphatic heterocycles. The van der Waals surface area contributed by atoms with Gasteiger partial charge in [0, 0.05) is 43.7 Å². The molecule has 2 heterocycles. The molecule has 1 saturated heterocycles. The topological polar surface area (TPSA) is 105 Å². The number of rotatable bonds is 10. The van der Waals surface area contributed by atoms with Crippen molar-refractivity contribution in [3.8, 4) is 17.2 Å². The molecule has 1 fully saturated rings. The summed E-state index contributed by atoms with van der Waals surface area (Å²) < 4.78 is 22.0. The van der Waals surface area contributed by atoms with E-state index in [4.69, 9.17) is 24.0 Å². The van der Waals surface area contributed by atoms with Gasteiger partial charge < -0.3 is 29.2 Å². The van der Waals surface area contributed by atoms with Crippen molar-refractivity contribution in [2.24, 2.45) is 5.10 Å². The van der Waals surface area contributed by atoms with Gasteiger partial charge in [0.05, 0.1) is 46.3 Å². The van der Waals surface area contributed by atoms with Gasteiger partial charge in [0.1, 0.15) is 23.8 Å². The Labute approximate surface area is 248 Å². The van der Waals surface area contributed by atoms with E-state index in [0.29, 0.717) is 44.2 Å². The van der Waals surface area contributed by atoms with Crippen LogP contribution in [0, 0.1) is 0 Å². The molecule has 1 unspecified atom stereocenters. The third-order valence-corrected chi connectivity index (χ3v) is 7.27. The minimum atomic E-state index is -0.457. The van der Waals surface area contributed by atoms with E-state index in [-0.39, 0.29) is 18.5 Å². The van der Waals surface area contributed by atoms with Gasteiger partial charge in [-0.3, -0.25) is 9.69 Å². The first-order chi connectivity index (χ1) is 20.1. The fraction of sp³-hybridized carbons (Fsp3) is 0.516. The number of hydrazone groups is 1. The molecule has 0 radical (unpaired) electrons. The fourth-order valence-electron chi connectivity index (χ4n) is 5.02. The number of morpholine rings is 1. The molecule has 0 aromatic heterocycles. The van der Waals surface area contributed by atoms with Crippen molar-refractivity contribution >= 4 is 17.6 Å². The summed E-state index contributed by atoms with van der Waals surface area (Å²) in [5.41, 5.74) is 1.95. The molecule has 0 spiro atoms. The number of methoxy groups -OCH3 is 3. The lowest BCUT2D eigenvalue weighted by molar-refractivity contribution is -0.133. The minimum Gasteiger partial charge on any atom is -0.497 e. The molecule has 42 heavy (non-hydrogen) atoms. The number of amides is 3. The van der Waals surface area contributed by atoms with Crippen LogP contribution in [0.3, 0.4) is 0 Å². The summed E-state index contributed by atoms with van der Waals surface area (Å²) in [7, 11) is 4.82. The second-order valence-electron chi connectivity index (χ2n) is 11.4. The van der Waals surface area contributed by atoms with Crippen LogP contribution >= 0.6 is 0 Å². The Morgan fingerprint density at radius 1 is 1.00 bits per heavy atom. The quantitative estimate of drug-likeness (QED) is 0.458. The van der Waals surface area contributed by atoms with E-state index in [0.717, 1.165) is 35.7 Å². The van der Waals surface area contributed by atoms with Crippen LogP contribution in [0.15, 0.2) is 47.6 Å². The van der Waals surface area contributed by atoms with E-state index in [1.54, 1.807) is 26.2 Å². The highest BCUT2D eigenvalue weighted by molar-refractivity contribution is 6.03. The van der Waals surface area contributed by atoms with Crippen molar-refractivity contribution in [1.82, 2.24) is 20.1 Å². The van der Waals surface area contributed by atoms with Crippen LogP contribution in [0.1, 0.15) is 44.4 Å². The lowest BCUT2D eigenvalue weighted by Gasteiger charge is -2.33. The van der Waals surface area contributed by atoms with Crippen LogP contribution in [-0.4, -0.2) is 105 Å². The number of carbonyl (C=O) groups excluding carboxylic acids is 2. The standard InChI is InChI=1S/C31H43N5O6/c1-31(2,3)32-30(38)35(14-13-34-15-17-42-18-16-34)21-29(37)36-27(25-19-24(40-5)11-12-28(25)41-6)20-26(33-36)22-7-9-23(39-4)10-8-22/h7-12,19,27H,13-18,20-21H2,1-6H3,(H,32,38). The summed E-state index contributed by atoms with van der Waals surface area (Å²) in [6.07, 6.45) is 0.462. The predicted octanol–water partition coefficient (Wildman–Crippen LogP) is 3.53. The number of benzene rings is 2. The normalized spacial score (nSPS) is 17.4. The van der Waals surface area contributed by atoms with Crippen LogP contribution in [0.2, 0.25) is 0 Å². The van der Waals surface area contributed by atoms with E-state index in [2.05, 4.69) is 10.2 Å². The zero-order valence-corrected chi connectivity index (χ0v) is 25.5. The fourth-order valence-corrected chi connectivity index (χ4v) is 5.02. The Kier molecular flexibility index (Phi) is 10.3. The van der Waals surface area contributed by atoms with Gasteiger partial charge in [-0.1, -0.05) is 0 Å². The lowest BCUT2D eigenvalue weighted by atomic mass is 9.97. The van der Waals surface area contributed by atoms with Crippen molar-refractivity contribution in [2.75, 3.05) is 67.3 Å². The van der Waals surface area contributed by atoms with Crippen molar-refractivity contribution in [3.05, 3.63) is 53.6 Å². The van der Waals surface area contributed by atoms with E-state index in [1.165, 1.54) is 5.01 Å². The summed E-state index contributed by atoms with van der Waals surface area (Å²) in [5.74, 6) is 1.71.